The van der Waals surface area contributed by atoms with Crippen LogP contribution in [0.3, 0.4) is 0 Å². The van der Waals surface area contributed by atoms with Crippen molar-refractivity contribution in [3.8, 4) is 5.75 Å². The van der Waals surface area contributed by atoms with E-state index in [0.717, 1.165) is 5.56 Å². The van der Waals surface area contributed by atoms with Crippen molar-refractivity contribution in [1.29, 1.82) is 0 Å². The summed E-state index contributed by atoms with van der Waals surface area (Å²) >= 11 is 5.48. The molecule has 5 heteroatoms. The smallest absolute Gasteiger partial charge is 0.276 e. The molecule has 0 fully saturated rings. The van der Waals surface area contributed by atoms with E-state index in [2.05, 4.69) is 0 Å². The van der Waals surface area contributed by atoms with Crippen molar-refractivity contribution in [2.75, 3.05) is 12.5 Å². The summed E-state index contributed by atoms with van der Waals surface area (Å²) in [7, 11) is 0. The van der Waals surface area contributed by atoms with Gasteiger partial charge in [-0.15, -0.1) is 11.6 Å². The van der Waals surface area contributed by atoms with Crippen LogP contribution in [0.15, 0.2) is 12.1 Å². The number of hydrogen-bond donors (Lipinski definition) is 0. The van der Waals surface area contributed by atoms with Crippen LogP contribution in [0.1, 0.15) is 11.1 Å². The van der Waals surface area contributed by atoms with Crippen LogP contribution in [0.5, 0.6) is 5.75 Å². The van der Waals surface area contributed by atoms with Crippen LogP contribution < -0.4 is 4.74 Å². The summed E-state index contributed by atoms with van der Waals surface area (Å²) in [6, 6.07) is 3.18. The van der Waals surface area contributed by atoms with Gasteiger partial charge in [0.15, 0.2) is 0 Å². The third-order valence-electron chi connectivity index (χ3n) is 2.02. The summed E-state index contributed by atoms with van der Waals surface area (Å²) in [4.78, 5) is 10.3. The van der Waals surface area contributed by atoms with Crippen LogP contribution in [-0.4, -0.2) is 17.4 Å². The number of halogens is 1. The van der Waals surface area contributed by atoms with E-state index in [-0.39, 0.29) is 5.69 Å². The standard InChI is InChI=1S/C10H12ClNO3/c1-7-5-8(2)10(15-4-3-11)6-9(7)12(13)14/h5-6H,3-4H2,1-2H3. The zero-order valence-electron chi connectivity index (χ0n) is 8.62. The van der Waals surface area contributed by atoms with Gasteiger partial charge >= 0.3 is 0 Å². The molecule has 0 N–H and O–H groups in total. The average Bonchev–Trinajstić information content (AvgIpc) is 2.16. The Labute approximate surface area is 93.0 Å². The number of rotatable bonds is 4. The SMILES string of the molecule is Cc1cc(C)c([N+](=O)[O-])cc1OCCCl. The number of benzene rings is 1. The van der Waals surface area contributed by atoms with Gasteiger partial charge in [0.05, 0.1) is 16.9 Å². The quantitative estimate of drug-likeness (QED) is 0.453. The molecule has 0 bridgehead atoms. The van der Waals surface area contributed by atoms with Crippen molar-refractivity contribution in [2.45, 2.75) is 13.8 Å². The summed E-state index contributed by atoms with van der Waals surface area (Å²) < 4.78 is 5.30. The predicted molar refractivity (Wildman–Crippen MR) is 58.8 cm³/mol. The first-order valence-corrected chi connectivity index (χ1v) is 5.04. The zero-order chi connectivity index (χ0) is 11.4. The number of ether oxygens (including phenoxy) is 1. The van der Waals surface area contributed by atoms with Gasteiger partial charge in [-0.05, 0) is 25.5 Å². The van der Waals surface area contributed by atoms with E-state index in [4.69, 9.17) is 16.3 Å². The minimum absolute atomic E-state index is 0.0742. The van der Waals surface area contributed by atoms with Gasteiger partial charge in [0, 0.05) is 5.56 Å². The zero-order valence-corrected chi connectivity index (χ0v) is 9.37. The lowest BCUT2D eigenvalue weighted by Crippen LogP contribution is -2.01. The number of hydrogen-bond acceptors (Lipinski definition) is 3. The fourth-order valence-electron chi connectivity index (χ4n) is 1.32. The maximum Gasteiger partial charge on any atom is 0.276 e. The largest absolute Gasteiger partial charge is 0.492 e. The van der Waals surface area contributed by atoms with Crippen LogP contribution in [0.2, 0.25) is 0 Å². The molecule has 0 radical (unpaired) electrons. The first-order valence-electron chi connectivity index (χ1n) is 4.50. The van der Waals surface area contributed by atoms with E-state index in [0.29, 0.717) is 23.8 Å². The minimum atomic E-state index is -0.414. The summed E-state index contributed by atoms with van der Waals surface area (Å²) in [6.45, 7) is 3.90. The van der Waals surface area contributed by atoms with Crippen molar-refractivity contribution < 1.29 is 9.66 Å². The number of nitrogens with zero attached hydrogens (tertiary/aromatic N) is 1. The van der Waals surface area contributed by atoms with E-state index < -0.39 is 4.92 Å². The minimum Gasteiger partial charge on any atom is -0.492 e. The number of aryl methyl sites for hydroxylation is 2. The Hall–Kier alpha value is -1.29. The molecule has 1 aromatic carbocycles. The highest BCUT2D eigenvalue weighted by Crippen LogP contribution is 2.27. The molecule has 82 valence electrons. The molecule has 15 heavy (non-hydrogen) atoms. The molecule has 0 aliphatic carbocycles. The molecule has 0 aliphatic heterocycles. The second-order valence-electron chi connectivity index (χ2n) is 3.20. The van der Waals surface area contributed by atoms with Gasteiger partial charge in [0.25, 0.3) is 5.69 Å². The molecular weight excluding hydrogens is 218 g/mol. The molecule has 0 unspecified atom stereocenters. The van der Waals surface area contributed by atoms with Crippen LogP contribution in [0.25, 0.3) is 0 Å². The van der Waals surface area contributed by atoms with Gasteiger partial charge in [-0.25, -0.2) is 0 Å². The molecule has 1 rings (SSSR count). The third kappa shape index (κ3) is 2.83. The van der Waals surface area contributed by atoms with E-state index >= 15 is 0 Å². The highest BCUT2D eigenvalue weighted by molar-refractivity contribution is 6.18. The van der Waals surface area contributed by atoms with Crippen molar-refractivity contribution >= 4 is 17.3 Å². The summed E-state index contributed by atoms with van der Waals surface area (Å²) in [5.74, 6) is 0.883. The Bertz CT molecular complexity index is 379. The first-order chi connectivity index (χ1) is 7.06. The van der Waals surface area contributed by atoms with Crippen LogP contribution >= 0.6 is 11.6 Å². The molecule has 0 amide bonds. The van der Waals surface area contributed by atoms with Crippen molar-refractivity contribution in [3.63, 3.8) is 0 Å². The van der Waals surface area contributed by atoms with Crippen molar-refractivity contribution in [1.82, 2.24) is 0 Å². The Morgan fingerprint density at radius 2 is 2.07 bits per heavy atom. The van der Waals surface area contributed by atoms with Crippen molar-refractivity contribution in [3.05, 3.63) is 33.4 Å². The molecule has 0 aliphatic rings. The number of nitro groups is 1. The molecule has 0 spiro atoms. The van der Waals surface area contributed by atoms with Crippen LogP contribution in [0, 0.1) is 24.0 Å². The van der Waals surface area contributed by atoms with Gasteiger partial charge in [0.2, 0.25) is 0 Å². The monoisotopic (exact) mass is 229 g/mol. The van der Waals surface area contributed by atoms with Crippen molar-refractivity contribution in [2.24, 2.45) is 0 Å². The predicted octanol–water partition coefficient (Wildman–Crippen LogP) is 2.83. The summed E-state index contributed by atoms with van der Waals surface area (Å²) in [5, 5.41) is 10.7. The molecule has 0 saturated heterocycles. The second kappa shape index (κ2) is 4.98. The third-order valence-corrected chi connectivity index (χ3v) is 2.18. The van der Waals surface area contributed by atoms with E-state index in [1.165, 1.54) is 6.07 Å². The molecule has 0 aromatic heterocycles. The maximum absolute atomic E-state index is 10.7. The van der Waals surface area contributed by atoms with Gasteiger partial charge in [-0.2, -0.15) is 0 Å². The molecule has 1 aromatic rings. The highest BCUT2D eigenvalue weighted by atomic mass is 35.5. The Balaban J connectivity index is 3.06. The normalized spacial score (nSPS) is 10.1. The molecule has 4 nitrogen and oxygen atoms in total. The van der Waals surface area contributed by atoms with Gasteiger partial charge in [0.1, 0.15) is 12.4 Å². The average molecular weight is 230 g/mol. The molecule has 0 atom stereocenters. The highest BCUT2D eigenvalue weighted by Gasteiger charge is 2.14. The van der Waals surface area contributed by atoms with E-state index in [1.54, 1.807) is 13.0 Å². The van der Waals surface area contributed by atoms with Crippen LogP contribution in [-0.2, 0) is 0 Å². The number of nitro benzene ring substituents is 1. The Morgan fingerprint density at radius 3 is 2.60 bits per heavy atom. The lowest BCUT2D eigenvalue weighted by molar-refractivity contribution is -0.385. The van der Waals surface area contributed by atoms with Crippen LogP contribution in [0.4, 0.5) is 5.69 Å². The first kappa shape index (κ1) is 11.8. The van der Waals surface area contributed by atoms with Gasteiger partial charge < -0.3 is 4.74 Å². The fourth-order valence-corrected chi connectivity index (χ4v) is 1.40. The summed E-state index contributed by atoms with van der Waals surface area (Å²) in [5.41, 5.74) is 1.59. The molecular formula is C10H12ClNO3. The lowest BCUT2D eigenvalue weighted by Gasteiger charge is -2.08. The van der Waals surface area contributed by atoms with Gasteiger partial charge in [-0.1, -0.05) is 0 Å². The molecule has 0 saturated carbocycles. The van der Waals surface area contributed by atoms with Gasteiger partial charge in [-0.3, -0.25) is 10.1 Å². The maximum atomic E-state index is 10.7. The second-order valence-corrected chi connectivity index (χ2v) is 3.58. The Morgan fingerprint density at radius 1 is 1.40 bits per heavy atom. The topological polar surface area (TPSA) is 52.4 Å². The van der Waals surface area contributed by atoms with E-state index in [9.17, 15) is 10.1 Å². The fraction of sp³-hybridized carbons (Fsp3) is 0.400. The molecule has 0 heterocycles. The Kier molecular flexibility index (Phi) is 3.91. The number of alkyl halides is 1. The lowest BCUT2D eigenvalue weighted by atomic mass is 10.1. The summed E-state index contributed by atoms with van der Waals surface area (Å²) in [6.07, 6.45) is 0. The van der Waals surface area contributed by atoms with E-state index in [1.807, 2.05) is 6.92 Å².